The van der Waals surface area contributed by atoms with Gasteiger partial charge >= 0.3 is 6.03 Å². The molecule has 1 aliphatic carbocycles. The maximum Gasteiger partial charge on any atom is 0.325 e. The normalized spacial score (nSPS) is 20.8. The lowest BCUT2D eigenvalue weighted by molar-refractivity contribution is -0.143. The number of hydrogen-bond acceptors (Lipinski definition) is 4. The van der Waals surface area contributed by atoms with Gasteiger partial charge in [-0.3, -0.25) is 14.6 Å². The predicted molar refractivity (Wildman–Crippen MR) is 145 cm³/mol. The molecule has 2 saturated heterocycles. The number of carbonyl (C=O) groups excluding carboxylic acids is 3. The topological polar surface area (TPSA) is 134 Å². The molecule has 2 heterocycles. The van der Waals surface area contributed by atoms with Gasteiger partial charge in [-0.1, -0.05) is 54.6 Å². The monoisotopic (exact) mass is 516 g/mol. The van der Waals surface area contributed by atoms with Crippen LogP contribution in [0.1, 0.15) is 48.8 Å². The highest BCUT2D eigenvalue weighted by Gasteiger charge is 2.47. The number of likely N-dealkylation sites (tertiary alicyclic amines) is 1. The van der Waals surface area contributed by atoms with Crippen LogP contribution in [0.5, 0.6) is 0 Å². The van der Waals surface area contributed by atoms with E-state index in [9.17, 15) is 14.4 Å². The first-order chi connectivity index (χ1) is 18.4. The number of aliphatic imine (C=N–C) groups is 1. The van der Waals surface area contributed by atoms with Crippen molar-refractivity contribution in [2.24, 2.45) is 16.5 Å². The highest BCUT2D eigenvalue weighted by atomic mass is 16.2. The maximum atomic E-state index is 14.0. The molecule has 0 unspecified atom stereocenters. The van der Waals surface area contributed by atoms with E-state index in [2.05, 4.69) is 34.6 Å². The lowest BCUT2D eigenvalue weighted by Crippen LogP contribution is -2.55. The Morgan fingerprint density at radius 3 is 2.47 bits per heavy atom. The molecule has 1 spiro atoms. The Balaban J connectivity index is 1.31. The van der Waals surface area contributed by atoms with Crippen LogP contribution in [0, 0.1) is 0 Å². The minimum atomic E-state index is -0.891. The van der Waals surface area contributed by atoms with Crippen molar-refractivity contribution in [1.82, 2.24) is 15.1 Å². The zero-order valence-electron chi connectivity index (χ0n) is 21.6. The van der Waals surface area contributed by atoms with Crippen molar-refractivity contribution in [3.63, 3.8) is 0 Å². The number of rotatable bonds is 8. The molecule has 3 aliphatic rings. The number of benzene rings is 2. The molecule has 2 atom stereocenters. The number of piperidine rings is 1. The summed E-state index contributed by atoms with van der Waals surface area (Å²) >= 11 is 0. The molecular formula is C29H36N6O3. The van der Waals surface area contributed by atoms with Crippen molar-refractivity contribution >= 4 is 23.8 Å². The Bertz CT molecular complexity index is 1220. The number of nitrogens with one attached hydrogen (secondary N) is 1. The Morgan fingerprint density at radius 2 is 1.74 bits per heavy atom. The highest BCUT2D eigenvalue weighted by molar-refractivity contribution is 6.07. The van der Waals surface area contributed by atoms with Gasteiger partial charge in [0.1, 0.15) is 12.1 Å². The van der Waals surface area contributed by atoms with Gasteiger partial charge in [-0.2, -0.15) is 0 Å². The summed E-state index contributed by atoms with van der Waals surface area (Å²) in [6, 6.07) is 16.1. The molecule has 5 rings (SSSR count). The number of nitrogens with two attached hydrogens (primary N) is 2. The Hall–Kier alpha value is -3.88. The van der Waals surface area contributed by atoms with Crippen molar-refractivity contribution < 1.29 is 14.4 Å². The average Bonchev–Trinajstić information content (AvgIpc) is 3.42. The number of guanidine groups is 1. The third kappa shape index (κ3) is 5.10. The molecule has 9 nitrogen and oxygen atoms in total. The van der Waals surface area contributed by atoms with Crippen molar-refractivity contribution in [3.05, 3.63) is 71.3 Å². The zero-order valence-corrected chi connectivity index (χ0v) is 21.6. The molecule has 5 N–H and O–H groups in total. The summed E-state index contributed by atoms with van der Waals surface area (Å²) in [5.41, 5.74) is 14.6. The molecule has 200 valence electrons. The second-order valence-corrected chi connectivity index (χ2v) is 10.6. The van der Waals surface area contributed by atoms with Crippen LogP contribution in [0.3, 0.4) is 0 Å². The van der Waals surface area contributed by atoms with Gasteiger partial charge in [-0.25, -0.2) is 9.69 Å². The number of amides is 4. The van der Waals surface area contributed by atoms with Crippen molar-refractivity contribution in [1.29, 1.82) is 0 Å². The first-order valence-electron chi connectivity index (χ1n) is 13.5. The van der Waals surface area contributed by atoms with Crippen LogP contribution in [0.25, 0.3) is 0 Å². The van der Waals surface area contributed by atoms with Crippen LogP contribution in [0.2, 0.25) is 0 Å². The number of hydrogen-bond donors (Lipinski definition) is 3. The summed E-state index contributed by atoms with van der Waals surface area (Å²) < 4.78 is 0. The van der Waals surface area contributed by atoms with E-state index in [0.717, 1.165) is 36.1 Å². The Labute approximate surface area is 223 Å². The number of urea groups is 1. The number of aryl methyl sites for hydroxylation is 1. The summed E-state index contributed by atoms with van der Waals surface area (Å²) in [6.45, 7) is 1.60. The van der Waals surface area contributed by atoms with Crippen molar-refractivity contribution in [3.8, 4) is 0 Å². The second kappa shape index (κ2) is 10.8. The largest absolute Gasteiger partial charge is 0.370 e. The first-order valence-corrected chi connectivity index (χ1v) is 13.5. The van der Waals surface area contributed by atoms with Gasteiger partial charge in [0, 0.05) is 26.1 Å². The summed E-state index contributed by atoms with van der Waals surface area (Å²) in [5, 5.41) is 2.77. The van der Waals surface area contributed by atoms with Crippen LogP contribution in [-0.4, -0.2) is 65.3 Å². The molecule has 2 aliphatic heterocycles. The van der Waals surface area contributed by atoms with Gasteiger partial charge in [-0.05, 0) is 60.6 Å². The van der Waals surface area contributed by atoms with Gasteiger partial charge in [0.05, 0.1) is 0 Å². The van der Waals surface area contributed by atoms with E-state index in [4.69, 9.17) is 11.5 Å². The van der Waals surface area contributed by atoms with Crippen molar-refractivity contribution in [2.75, 3.05) is 19.6 Å². The fraction of sp³-hybridized carbons (Fsp3) is 0.448. The smallest absolute Gasteiger partial charge is 0.325 e. The molecule has 0 bridgehead atoms. The van der Waals surface area contributed by atoms with E-state index in [-0.39, 0.29) is 29.6 Å². The van der Waals surface area contributed by atoms with E-state index in [1.165, 1.54) is 11.1 Å². The van der Waals surface area contributed by atoms with Crippen LogP contribution < -0.4 is 16.8 Å². The van der Waals surface area contributed by atoms with E-state index < -0.39 is 18.1 Å². The molecular weight excluding hydrogens is 480 g/mol. The molecule has 9 heteroatoms. The molecule has 0 saturated carbocycles. The van der Waals surface area contributed by atoms with Gasteiger partial charge < -0.3 is 21.7 Å². The summed E-state index contributed by atoms with van der Waals surface area (Å²) in [6.07, 6.45) is 5.18. The summed E-state index contributed by atoms with van der Waals surface area (Å²) in [5.74, 6) is -0.543. The molecule has 0 radical (unpaired) electrons. The van der Waals surface area contributed by atoms with E-state index in [0.29, 0.717) is 32.5 Å². The Morgan fingerprint density at radius 1 is 1.03 bits per heavy atom. The fourth-order valence-corrected chi connectivity index (χ4v) is 6.32. The van der Waals surface area contributed by atoms with Gasteiger partial charge in [0.2, 0.25) is 5.91 Å². The number of fused-ring (bicyclic) bond motifs is 2. The standard InChI is InChI=1S/C29H36N6O3/c30-27(31)32-16-6-11-23-25(36)35(28(38)33-23)24(19-20-7-2-1-3-8-20)26(37)34-17-14-29(15-18-34)13-12-21-9-4-5-10-22(21)29/h1-5,7-10,23-24H,6,11-19H2,(H,33,38)(H4,30,31,32)/t23-,24+/m1/s1. The minimum absolute atomic E-state index is 0.00802. The van der Waals surface area contributed by atoms with E-state index in [1.807, 2.05) is 35.2 Å². The quantitative estimate of drug-likeness (QED) is 0.214. The molecule has 2 aromatic rings. The molecule has 38 heavy (non-hydrogen) atoms. The number of carbonyl (C=O) groups is 3. The minimum Gasteiger partial charge on any atom is -0.370 e. The van der Waals surface area contributed by atoms with Crippen LogP contribution in [0.4, 0.5) is 4.79 Å². The third-order valence-corrected chi connectivity index (χ3v) is 8.36. The summed E-state index contributed by atoms with van der Waals surface area (Å²) in [7, 11) is 0. The highest BCUT2D eigenvalue weighted by Crippen LogP contribution is 2.46. The van der Waals surface area contributed by atoms with E-state index >= 15 is 0 Å². The first kappa shape index (κ1) is 25.8. The number of imide groups is 1. The van der Waals surface area contributed by atoms with Crippen LogP contribution in [-0.2, 0) is 27.8 Å². The van der Waals surface area contributed by atoms with E-state index in [1.54, 1.807) is 0 Å². The van der Waals surface area contributed by atoms with Gasteiger partial charge in [-0.15, -0.1) is 0 Å². The molecule has 0 aromatic heterocycles. The average molecular weight is 517 g/mol. The summed E-state index contributed by atoms with van der Waals surface area (Å²) in [4.78, 5) is 47.4. The van der Waals surface area contributed by atoms with Crippen LogP contribution >= 0.6 is 0 Å². The lowest BCUT2D eigenvalue weighted by Gasteiger charge is -2.42. The van der Waals surface area contributed by atoms with Crippen LogP contribution in [0.15, 0.2) is 59.6 Å². The predicted octanol–water partition coefficient (Wildman–Crippen LogP) is 2.08. The number of nitrogens with zero attached hydrogens (tertiary/aromatic N) is 3. The fourth-order valence-electron chi connectivity index (χ4n) is 6.32. The van der Waals surface area contributed by atoms with Crippen molar-refractivity contribution in [2.45, 2.75) is 62.4 Å². The SMILES string of the molecule is NC(N)=NCCC[C@H]1NC(=O)N([C@@H](Cc2ccccc2)C(=O)N2CCC3(CCc4ccccc43)CC2)C1=O. The maximum absolute atomic E-state index is 14.0. The zero-order chi connectivity index (χ0) is 26.7. The van der Waals surface area contributed by atoms with Gasteiger partial charge in [0.15, 0.2) is 5.96 Å². The molecule has 4 amide bonds. The second-order valence-electron chi connectivity index (χ2n) is 10.6. The molecule has 2 fully saturated rings. The van der Waals surface area contributed by atoms with Gasteiger partial charge in [0.25, 0.3) is 5.91 Å². The Kier molecular flexibility index (Phi) is 7.35. The molecule has 2 aromatic carbocycles. The third-order valence-electron chi connectivity index (χ3n) is 8.36. The lowest BCUT2D eigenvalue weighted by atomic mass is 9.73.